The lowest BCUT2D eigenvalue weighted by atomic mass is 9.86. The van der Waals surface area contributed by atoms with Gasteiger partial charge in [0, 0.05) is 51.3 Å². The largest absolute Gasteiger partial charge is 0.494 e. The SMILES string of the molecule is C[C@@H]1OC(c2ccc(OCCCO)cc2)=N[C@]1(Cc1ccccc1)C(=O)NNCc1ccc(N(C)C)cc1. The van der Waals surface area contributed by atoms with Crippen LogP contribution < -0.4 is 20.5 Å². The smallest absolute Gasteiger partial charge is 0.266 e. The predicted molar refractivity (Wildman–Crippen MR) is 149 cm³/mol. The molecule has 8 nitrogen and oxygen atoms in total. The van der Waals surface area contributed by atoms with Crippen LogP contribution in [0, 0.1) is 0 Å². The highest BCUT2D eigenvalue weighted by atomic mass is 16.5. The molecule has 200 valence electrons. The molecule has 38 heavy (non-hydrogen) atoms. The van der Waals surface area contributed by atoms with Crippen LogP contribution >= 0.6 is 0 Å². The van der Waals surface area contributed by atoms with Gasteiger partial charge in [0.25, 0.3) is 5.91 Å². The highest BCUT2D eigenvalue weighted by Gasteiger charge is 2.50. The number of hydrazine groups is 1. The number of aliphatic hydroxyl groups is 1. The van der Waals surface area contributed by atoms with Crippen LogP contribution in [-0.2, 0) is 22.5 Å². The monoisotopic (exact) mass is 516 g/mol. The topological polar surface area (TPSA) is 95.4 Å². The standard InChI is InChI=1S/C30H36N4O4/c1-22-30(20-23-8-5-4-6-9-23,29(36)33-31-21-24-10-14-26(15-11-24)34(2)3)32-28(38-22)25-12-16-27(17-13-25)37-19-7-18-35/h4-6,8-17,22,31,35H,7,18-21H2,1-3H3,(H,33,36)/t22-,30-/m0/s1. The van der Waals surface area contributed by atoms with Gasteiger partial charge >= 0.3 is 0 Å². The Morgan fingerprint density at radius 2 is 1.74 bits per heavy atom. The third-order valence-electron chi connectivity index (χ3n) is 6.59. The molecule has 4 rings (SSSR count). The van der Waals surface area contributed by atoms with Gasteiger partial charge in [-0.1, -0.05) is 42.5 Å². The van der Waals surface area contributed by atoms with Gasteiger partial charge < -0.3 is 19.5 Å². The Labute approximate surface area is 224 Å². The van der Waals surface area contributed by atoms with E-state index in [2.05, 4.69) is 10.9 Å². The Morgan fingerprint density at radius 3 is 2.39 bits per heavy atom. The maximum Gasteiger partial charge on any atom is 0.266 e. The summed E-state index contributed by atoms with van der Waals surface area (Å²) in [5.74, 6) is 0.868. The average molecular weight is 517 g/mol. The molecular weight excluding hydrogens is 480 g/mol. The minimum Gasteiger partial charge on any atom is -0.494 e. The van der Waals surface area contributed by atoms with Crippen LogP contribution in [0.2, 0.25) is 0 Å². The molecular formula is C30H36N4O4. The number of hydrogen-bond donors (Lipinski definition) is 3. The first-order valence-electron chi connectivity index (χ1n) is 12.9. The first kappa shape index (κ1) is 27.2. The van der Waals surface area contributed by atoms with Gasteiger partial charge in [0.15, 0.2) is 5.54 Å². The third kappa shape index (κ3) is 6.51. The second-order valence-electron chi connectivity index (χ2n) is 9.58. The fourth-order valence-electron chi connectivity index (χ4n) is 4.30. The Balaban J connectivity index is 1.51. The molecule has 1 amide bonds. The second kappa shape index (κ2) is 12.6. The summed E-state index contributed by atoms with van der Waals surface area (Å²) in [6.45, 7) is 2.89. The van der Waals surface area contributed by atoms with Gasteiger partial charge in [-0.15, -0.1) is 0 Å². The molecule has 3 N–H and O–H groups in total. The van der Waals surface area contributed by atoms with E-state index in [0.29, 0.717) is 37.6 Å². The third-order valence-corrected chi connectivity index (χ3v) is 6.59. The normalized spacial score (nSPS) is 18.4. The van der Waals surface area contributed by atoms with Crippen molar-refractivity contribution in [2.45, 2.75) is 38.0 Å². The summed E-state index contributed by atoms with van der Waals surface area (Å²) in [4.78, 5) is 20.6. The molecule has 0 saturated carbocycles. The maximum atomic E-state index is 13.7. The fourth-order valence-corrected chi connectivity index (χ4v) is 4.30. The van der Waals surface area contributed by atoms with Crippen LogP contribution in [0.1, 0.15) is 30.0 Å². The molecule has 8 heteroatoms. The van der Waals surface area contributed by atoms with E-state index in [-0.39, 0.29) is 12.5 Å². The highest BCUT2D eigenvalue weighted by Crippen LogP contribution is 2.32. The first-order chi connectivity index (χ1) is 18.4. The summed E-state index contributed by atoms with van der Waals surface area (Å²) < 4.78 is 11.8. The van der Waals surface area contributed by atoms with Crippen molar-refractivity contribution in [3.8, 4) is 5.75 Å². The lowest BCUT2D eigenvalue weighted by Gasteiger charge is -2.28. The molecule has 2 atom stereocenters. The van der Waals surface area contributed by atoms with Crippen LogP contribution in [-0.4, -0.2) is 55.9 Å². The molecule has 1 aliphatic heterocycles. The molecule has 0 radical (unpaired) electrons. The lowest BCUT2D eigenvalue weighted by Crippen LogP contribution is -2.55. The van der Waals surface area contributed by atoms with E-state index in [1.54, 1.807) is 0 Å². The van der Waals surface area contributed by atoms with Crippen molar-refractivity contribution in [2.24, 2.45) is 4.99 Å². The zero-order chi connectivity index (χ0) is 27.0. The fraction of sp³-hybridized carbons (Fsp3) is 0.333. The molecule has 0 saturated heterocycles. The van der Waals surface area contributed by atoms with E-state index in [0.717, 1.165) is 22.4 Å². The number of ether oxygens (including phenoxy) is 2. The number of carbonyl (C=O) groups is 1. The summed E-state index contributed by atoms with van der Waals surface area (Å²) in [6.07, 6.45) is 0.479. The van der Waals surface area contributed by atoms with Gasteiger partial charge in [0.05, 0.1) is 6.61 Å². The van der Waals surface area contributed by atoms with Crippen molar-refractivity contribution in [3.63, 3.8) is 0 Å². The van der Waals surface area contributed by atoms with Crippen molar-refractivity contribution in [1.82, 2.24) is 10.9 Å². The Kier molecular flexibility index (Phi) is 8.99. The molecule has 0 fully saturated rings. The van der Waals surface area contributed by atoms with Gasteiger partial charge in [0.2, 0.25) is 5.90 Å². The van der Waals surface area contributed by atoms with Crippen LogP contribution in [0.3, 0.4) is 0 Å². The zero-order valence-corrected chi connectivity index (χ0v) is 22.2. The van der Waals surface area contributed by atoms with E-state index < -0.39 is 11.6 Å². The molecule has 3 aromatic carbocycles. The van der Waals surface area contributed by atoms with Crippen molar-refractivity contribution >= 4 is 17.5 Å². The molecule has 0 bridgehead atoms. The zero-order valence-electron chi connectivity index (χ0n) is 22.2. The van der Waals surface area contributed by atoms with Crippen LogP contribution in [0.5, 0.6) is 5.75 Å². The molecule has 3 aromatic rings. The van der Waals surface area contributed by atoms with Gasteiger partial charge in [-0.3, -0.25) is 10.2 Å². The van der Waals surface area contributed by atoms with Crippen molar-refractivity contribution in [3.05, 3.63) is 95.6 Å². The number of carbonyl (C=O) groups excluding carboxylic acids is 1. The van der Waals surface area contributed by atoms with Crippen molar-refractivity contribution in [1.29, 1.82) is 0 Å². The molecule has 0 aliphatic carbocycles. The van der Waals surface area contributed by atoms with Crippen LogP contribution in [0.15, 0.2) is 83.9 Å². The quantitative estimate of drug-likeness (QED) is 0.252. The van der Waals surface area contributed by atoms with Gasteiger partial charge in [0.1, 0.15) is 11.9 Å². The van der Waals surface area contributed by atoms with E-state index in [9.17, 15) is 4.79 Å². The van der Waals surface area contributed by atoms with E-state index in [4.69, 9.17) is 19.6 Å². The minimum absolute atomic E-state index is 0.0871. The number of aliphatic hydroxyl groups excluding tert-OH is 1. The van der Waals surface area contributed by atoms with Gasteiger partial charge in [-0.25, -0.2) is 10.4 Å². The number of benzene rings is 3. The highest BCUT2D eigenvalue weighted by molar-refractivity contribution is 6.00. The van der Waals surface area contributed by atoms with E-state index >= 15 is 0 Å². The minimum atomic E-state index is -1.14. The number of rotatable bonds is 12. The molecule has 0 aromatic heterocycles. The van der Waals surface area contributed by atoms with E-state index in [1.807, 2.05) is 105 Å². The number of nitrogens with one attached hydrogen (secondary N) is 2. The predicted octanol–water partition coefficient (Wildman–Crippen LogP) is 3.48. The average Bonchev–Trinajstić information content (AvgIpc) is 3.26. The molecule has 1 heterocycles. The lowest BCUT2D eigenvalue weighted by molar-refractivity contribution is -0.129. The Morgan fingerprint density at radius 1 is 1.03 bits per heavy atom. The Hall–Kier alpha value is -3.88. The summed E-state index contributed by atoms with van der Waals surface area (Å²) in [5, 5.41) is 8.95. The van der Waals surface area contributed by atoms with Gasteiger partial charge in [-0.05, 0) is 54.4 Å². The van der Waals surface area contributed by atoms with Crippen molar-refractivity contribution < 1.29 is 19.4 Å². The summed E-state index contributed by atoms with van der Waals surface area (Å²) in [6, 6.07) is 25.4. The number of amides is 1. The van der Waals surface area contributed by atoms with Crippen LogP contribution in [0.4, 0.5) is 5.69 Å². The molecule has 0 unspecified atom stereocenters. The van der Waals surface area contributed by atoms with Crippen molar-refractivity contribution in [2.75, 3.05) is 32.2 Å². The first-order valence-corrected chi connectivity index (χ1v) is 12.9. The molecule has 0 spiro atoms. The van der Waals surface area contributed by atoms with E-state index in [1.165, 1.54) is 0 Å². The number of hydrogen-bond acceptors (Lipinski definition) is 7. The maximum absolute atomic E-state index is 13.7. The summed E-state index contributed by atoms with van der Waals surface area (Å²) in [5.41, 5.74) is 8.74. The Bertz CT molecular complexity index is 1210. The summed E-state index contributed by atoms with van der Waals surface area (Å²) in [7, 11) is 4.00. The van der Waals surface area contributed by atoms with Gasteiger partial charge in [-0.2, -0.15) is 0 Å². The number of anilines is 1. The number of nitrogens with zero attached hydrogens (tertiary/aromatic N) is 2. The van der Waals surface area contributed by atoms with Crippen LogP contribution in [0.25, 0.3) is 0 Å². The second-order valence-corrected chi connectivity index (χ2v) is 9.58. The summed E-state index contributed by atoms with van der Waals surface area (Å²) >= 11 is 0. The number of aliphatic imine (C=N–C) groups is 1. The molecule has 1 aliphatic rings.